The van der Waals surface area contributed by atoms with Crippen LogP contribution in [0.2, 0.25) is 0 Å². The number of aromatic hydroxyl groups is 1. The van der Waals surface area contributed by atoms with E-state index in [0.717, 1.165) is 6.20 Å². The van der Waals surface area contributed by atoms with Crippen LogP contribution in [0.3, 0.4) is 0 Å². The molecule has 2 N–H and O–H groups in total. The molecule has 1 aromatic carbocycles. The number of aromatic nitrogens is 1. The number of carbonyl (C=O) groups is 2. The molecular weight excluding hydrogens is 260 g/mol. The van der Waals surface area contributed by atoms with Crippen LogP contribution in [0.5, 0.6) is 5.75 Å². The first kappa shape index (κ1) is 13.5. The summed E-state index contributed by atoms with van der Waals surface area (Å²) in [6.45, 7) is 0. The zero-order chi connectivity index (χ0) is 14.7. The maximum Gasteiger partial charge on any atom is 0.337 e. The van der Waals surface area contributed by atoms with Crippen molar-refractivity contribution in [1.29, 1.82) is 0 Å². The van der Waals surface area contributed by atoms with Crippen LogP contribution in [0.15, 0.2) is 42.6 Å². The van der Waals surface area contributed by atoms with Crippen molar-refractivity contribution < 1.29 is 19.8 Å². The van der Waals surface area contributed by atoms with Crippen LogP contribution >= 0.6 is 0 Å². The van der Waals surface area contributed by atoms with Crippen LogP contribution in [0.25, 0.3) is 0 Å². The summed E-state index contributed by atoms with van der Waals surface area (Å²) in [5, 5.41) is 18.2. The Morgan fingerprint density at radius 3 is 2.50 bits per heavy atom. The Morgan fingerprint density at radius 1 is 1.20 bits per heavy atom. The zero-order valence-corrected chi connectivity index (χ0v) is 10.6. The van der Waals surface area contributed by atoms with Gasteiger partial charge in [0.15, 0.2) is 0 Å². The Labute approximate surface area is 114 Å². The number of benzene rings is 1. The van der Waals surface area contributed by atoms with Gasteiger partial charge in [-0.1, -0.05) is 6.07 Å². The van der Waals surface area contributed by atoms with Gasteiger partial charge in [-0.25, -0.2) is 4.79 Å². The van der Waals surface area contributed by atoms with Gasteiger partial charge in [0.1, 0.15) is 11.4 Å². The van der Waals surface area contributed by atoms with E-state index in [4.69, 9.17) is 5.11 Å². The summed E-state index contributed by atoms with van der Waals surface area (Å²) in [5.41, 5.74) is 0.654. The van der Waals surface area contributed by atoms with Crippen molar-refractivity contribution in [3.8, 4) is 5.75 Å². The van der Waals surface area contributed by atoms with Crippen LogP contribution in [-0.4, -0.2) is 34.1 Å². The Hall–Kier alpha value is -2.89. The number of aromatic carboxylic acids is 1. The molecule has 0 saturated carbocycles. The van der Waals surface area contributed by atoms with Crippen LogP contribution in [-0.2, 0) is 0 Å². The van der Waals surface area contributed by atoms with Crippen molar-refractivity contribution >= 4 is 17.6 Å². The van der Waals surface area contributed by atoms with E-state index in [9.17, 15) is 14.7 Å². The van der Waals surface area contributed by atoms with Crippen molar-refractivity contribution in [2.45, 2.75) is 0 Å². The van der Waals surface area contributed by atoms with E-state index in [2.05, 4.69) is 4.98 Å². The van der Waals surface area contributed by atoms with Crippen molar-refractivity contribution in [3.05, 3.63) is 53.9 Å². The second-order valence-electron chi connectivity index (χ2n) is 4.12. The van der Waals surface area contributed by atoms with Gasteiger partial charge in [-0.2, -0.15) is 0 Å². The quantitative estimate of drug-likeness (QED) is 0.888. The average Bonchev–Trinajstić information content (AvgIpc) is 2.46. The lowest BCUT2D eigenvalue weighted by atomic mass is 10.2. The first-order valence-electron chi connectivity index (χ1n) is 5.75. The minimum atomic E-state index is -1.10. The molecule has 1 heterocycles. The lowest BCUT2D eigenvalue weighted by Gasteiger charge is -2.17. The van der Waals surface area contributed by atoms with Gasteiger partial charge in [0.2, 0.25) is 0 Å². The van der Waals surface area contributed by atoms with Crippen molar-refractivity contribution in [2.24, 2.45) is 0 Å². The van der Waals surface area contributed by atoms with E-state index in [1.165, 1.54) is 29.2 Å². The summed E-state index contributed by atoms with van der Waals surface area (Å²) in [7, 11) is 1.55. The number of phenolic OH excluding ortho intramolecular Hbond substituents is 1. The number of rotatable bonds is 3. The molecule has 2 rings (SSSR count). The van der Waals surface area contributed by atoms with Gasteiger partial charge in [-0.05, 0) is 24.3 Å². The SMILES string of the molecule is CN(C(=O)c1ccc(C(=O)O)cn1)c1cccc(O)c1. The minimum absolute atomic E-state index is 0.0153. The number of amides is 1. The number of hydrogen-bond donors (Lipinski definition) is 2. The molecule has 20 heavy (non-hydrogen) atoms. The fraction of sp³-hybridized carbons (Fsp3) is 0.0714. The smallest absolute Gasteiger partial charge is 0.337 e. The summed E-state index contributed by atoms with van der Waals surface area (Å²) in [5.74, 6) is -1.44. The third-order valence-corrected chi connectivity index (χ3v) is 2.75. The Morgan fingerprint density at radius 2 is 1.95 bits per heavy atom. The fourth-order valence-electron chi connectivity index (χ4n) is 1.64. The van der Waals surface area contributed by atoms with E-state index >= 15 is 0 Å². The second kappa shape index (κ2) is 5.40. The number of hydrogen-bond acceptors (Lipinski definition) is 4. The largest absolute Gasteiger partial charge is 0.508 e. The second-order valence-corrected chi connectivity index (χ2v) is 4.12. The fourth-order valence-corrected chi connectivity index (χ4v) is 1.64. The maximum atomic E-state index is 12.2. The summed E-state index contributed by atoms with van der Waals surface area (Å²) in [6.07, 6.45) is 1.13. The molecule has 0 aliphatic carbocycles. The van der Waals surface area contributed by atoms with Crippen LogP contribution in [0.4, 0.5) is 5.69 Å². The number of phenols is 1. The summed E-state index contributed by atoms with van der Waals surface area (Å²) in [4.78, 5) is 28.0. The summed E-state index contributed by atoms with van der Waals surface area (Å²) < 4.78 is 0. The number of carboxylic acid groups (broad SMARTS) is 1. The molecule has 6 nitrogen and oxygen atoms in total. The molecule has 0 saturated heterocycles. The molecule has 0 radical (unpaired) electrons. The predicted octanol–water partition coefficient (Wildman–Crippen LogP) is 1.76. The molecule has 6 heteroatoms. The Bertz CT molecular complexity index is 652. The third-order valence-electron chi connectivity index (χ3n) is 2.75. The number of nitrogens with zero attached hydrogens (tertiary/aromatic N) is 2. The predicted molar refractivity (Wildman–Crippen MR) is 72.0 cm³/mol. The zero-order valence-electron chi connectivity index (χ0n) is 10.6. The van der Waals surface area contributed by atoms with E-state index < -0.39 is 11.9 Å². The molecular formula is C14H12N2O4. The molecule has 0 fully saturated rings. The lowest BCUT2D eigenvalue weighted by molar-refractivity contribution is 0.0695. The van der Waals surface area contributed by atoms with Crippen molar-refractivity contribution in [2.75, 3.05) is 11.9 Å². The topological polar surface area (TPSA) is 90.7 Å². The van der Waals surface area contributed by atoms with Crippen LogP contribution in [0, 0.1) is 0 Å². The molecule has 1 aromatic heterocycles. The summed E-state index contributed by atoms with van der Waals surface area (Å²) >= 11 is 0. The molecule has 2 aromatic rings. The molecule has 102 valence electrons. The van der Waals surface area contributed by atoms with Gasteiger partial charge in [0, 0.05) is 25.0 Å². The number of pyridine rings is 1. The lowest BCUT2D eigenvalue weighted by Crippen LogP contribution is -2.27. The monoisotopic (exact) mass is 272 g/mol. The minimum Gasteiger partial charge on any atom is -0.508 e. The van der Waals surface area contributed by atoms with Gasteiger partial charge < -0.3 is 15.1 Å². The molecule has 0 atom stereocenters. The number of carboxylic acids is 1. The number of carbonyl (C=O) groups excluding carboxylic acids is 1. The van der Waals surface area contributed by atoms with Crippen molar-refractivity contribution in [3.63, 3.8) is 0 Å². The first-order valence-corrected chi connectivity index (χ1v) is 5.75. The van der Waals surface area contributed by atoms with Crippen LogP contribution < -0.4 is 4.90 Å². The molecule has 1 amide bonds. The summed E-state index contributed by atoms with van der Waals surface area (Å²) in [6, 6.07) is 8.91. The molecule has 0 bridgehead atoms. The van der Waals surface area contributed by atoms with Gasteiger partial charge in [-0.15, -0.1) is 0 Å². The van der Waals surface area contributed by atoms with Gasteiger partial charge in [0.05, 0.1) is 5.56 Å². The first-order chi connectivity index (χ1) is 9.49. The highest BCUT2D eigenvalue weighted by Crippen LogP contribution is 2.20. The highest BCUT2D eigenvalue weighted by atomic mass is 16.4. The van der Waals surface area contributed by atoms with E-state index in [1.54, 1.807) is 19.2 Å². The third kappa shape index (κ3) is 2.74. The average molecular weight is 272 g/mol. The normalized spacial score (nSPS) is 10.1. The molecule has 0 unspecified atom stereocenters. The van der Waals surface area contributed by atoms with E-state index in [0.29, 0.717) is 5.69 Å². The van der Waals surface area contributed by atoms with E-state index in [1.807, 2.05) is 0 Å². The van der Waals surface area contributed by atoms with Crippen molar-refractivity contribution in [1.82, 2.24) is 4.98 Å². The standard InChI is InChI=1S/C14H12N2O4/c1-16(10-3-2-4-11(17)7-10)13(18)12-6-5-9(8-15-12)14(19)20/h2-8,17H,1H3,(H,19,20). The van der Waals surface area contributed by atoms with E-state index in [-0.39, 0.29) is 17.0 Å². The molecule has 0 aliphatic rings. The highest BCUT2D eigenvalue weighted by Gasteiger charge is 2.15. The highest BCUT2D eigenvalue weighted by molar-refractivity contribution is 6.04. The number of anilines is 1. The maximum absolute atomic E-state index is 12.2. The molecule has 0 aliphatic heterocycles. The Kier molecular flexibility index (Phi) is 3.65. The Balaban J connectivity index is 2.24. The van der Waals surface area contributed by atoms with Gasteiger partial charge in [-0.3, -0.25) is 9.78 Å². The van der Waals surface area contributed by atoms with Gasteiger partial charge >= 0.3 is 5.97 Å². The molecule has 0 spiro atoms. The van der Waals surface area contributed by atoms with Gasteiger partial charge in [0.25, 0.3) is 5.91 Å². The van der Waals surface area contributed by atoms with Crippen LogP contribution in [0.1, 0.15) is 20.8 Å².